The molecule has 1 aromatic rings. The van der Waals surface area contributed by atoms with Crippen LogP contribution in [0.2, 0.25) is 10.0 Å². The van der Waals surface area contributed by atoms with Crippen molar-refractivity contribution in [3.63, 3.8) is 0 Å². The molecule has 0 radical (unpaired) electrons. The van der Waals surface area contributed by atoms with Crippen LogP contribution in [0.3, 0.4) is 0 Å². The lowest BCUT2D eigenvalue weighted by atomic mass is 10.2. The molecule has 0 bridgehead atoms. The normalized spacial score (nSPS) is 16.9. The van der Waals surface area contributed by atoms with Crippen molar-refractivity contribution in [2.75, 3.05) is 38.1 Å². The number of anilines is 1. The summed E-state index contributed by atoms with van der Waals surface area (Å²) in [6, 6.07) is 4.95. The molecule has 1 unspecified atom stereocenters. The maximum atomic E-state index is 12.4. The number of amides is 2. The fourth-order valence-corrected chi connectivity index (χ4v) is 2.73. The number of para-hydroxylation sites is 1. The quantitative estimate of drug-likeness (QED) is 0.800. The summed E-state index contributed by atoms with van der Waals surface area (Å²) in [4.78, 5) is 26.0. The number of likely N-dealkylation sites (N-methyl/N-ethyl adjacent to an activating group) is 1. The smallest absolute Gasteiger partial charge is 0.253 e. The van der Waals surface area contributed by atoms with Gasteiger partial charge >= 0.3 is 0 Å². The van der Waals surface area contributed by atoms with Crippen LogP contribution in [0.15, 0.2) is 18.2 Å². The highest BCUT2D eigenvalue weighted by Crippen LogP contribution is 2.29. The Hall–Kier alpha value is -1.05. The standard InChI is InChI=1S/C15H19Cl2N3O3.ClH/c1-2-20(15(22)12-8-18-6-7-23-12)9-13(21)19-14-10(16)4-3-5-11(14)17;/h3-5,12,18H,2,6-9H2,1H3,(H,19,21);1H. The van der Waals surface area contributed by atoms with Crippen molar-refractivity contribution in [2.45, 2.75) is 13.0 Å². The van der Waals surface area contributed by atoms with E-state index in [0.717, 1.165) is 6.54 Å². The highest BCUT2D eigenvalue weighted by atomic mass is 35.5. The lowest BCUT2D eigenvalue weighted by molar-refractivity contribution is -0.146. The second-order valence-electron chi connectivity index (χ2n) is 5.06. The van der Waals surface area contributed by atoms with E-state index in [-0.39, 0.29) is 30.8 Å². The SMILES string of the molecule is CCN(CC(=O)Nc1c(Cl)cccc1Cl)C(=O)C1CNCCO1.Cl. The number of ether oxygens (including phenoxy) is 1. The second kappa shape index (κ2) is 10.1. The van der Waals surface area contributed by atoms with Gasteiger partial charge in [-0.1, -0.05) is 29.3 Å². The first kappa shape index (κ1) is 21.0. The van der Waals surface area contributed by atoms with Crippen LogP contribution in [0.25, 0.3) is 0 Å². The van der Waals surface area contributed by atoms with Gasteiger partial charge < -0.3 is 20.3 Å². The van der Waals surface area contributed by atoms with Crippen molar-refractivity contribution < 1.29 is 14.3 Å². The van der Waals surface area contributed by atoms with E-state index < -0.39 is 6.10 Å². The molecule has 1 heterocycles. The molecule has 9 heteroatoms. The zero-order valence-corrected chi connectivity index (χ0v) is 15.5. The first-order valence-corrected chi connectivity index (χ1v) is 8.13. The molecular weight excluding hydrogens is 377 g/mol. The van der Waals surface area contributed by atoms with Gasteiger partial charge in [0.05, 0.1) is 28.9 Å². The topological polar surface area (TPSA) is 70.7 Å². The molecule has 2 amide bonds. The third-order valence-corrected chi connectivity index (χ3v) is 4.09. The van der Waals surface area contributed by atoms with Gasteiger partial charge in [0.2, 0.25) is 5.91 Å². The third kappa shape index (κ3) is 5.50. The molecule has 1 aromatic carbocycles. The van der Waals surface area contributed by atoms with Gasteiger partial charge in [0.25, 0.3) is 5.91 Å². The van der Waals surface area contributed by atoms with Gasteiger partial charge in [-0.05, 0) is 19.1 Å². The summed E-state index contributed by atoms with van der Waals surface area (Å²) in [5.74, 6) is -0.570. The molecule has 0 spiro atoms. The molecule has 2 N–H and O–H groups in total. The van der Waals surface area contributed by atoms with E-state index in [0.29, 0.717) is 35.4 Å². The number of halogens is 3. The van der Waals surface area contributed by atoms with Crippen LogP contribution in [-0.2, 0) is 14.3 Å². The Labute approximate surface area is 157 Å². The number of carbonyl (C=O) groups is 2. The Bertz CT molecular complexity index is 560. The van der Waals surface area contributed by atoms with Crippen molar-refractivity contribution in [3.05, 3.63) is 28.2 Å². The van der Waals surface area contributed by atoms with E-state index in [4.69, 9.17) is 27.9 Å². The summed E-state index contributed by atoms with van der Waals surface area (Å²) in [7, 11) is 0. The van der Waals surface area contributed by atoms with Crippen LogP contribution in [0, 0.1) is 0 Å². The van der Waals surface area contributed by atoms with Gasteiger partial charge in [-0.25, -0.2) is 0 Å². The number of morpholine rings is 1. The summed E-state index contributed by atoms with van der Waals surface area (Å²) in [6.45, 7) is 3.78. The molecule has 0 aliphatic carbocycles. The van der Waals surface area contributed by atoms with Gasteiger partial charge in [0.15, 0.2) is 0 Å². The lowest BCUT2D eigenvalue weighted by Crippen LogP contribution is -2.51. The molecule has 24 heavy (non-hydrogen) atoms. The van der Waals surface area contributed by atoms with Crippen LogP contribution >= 0.6 is 35.6 Å². The maximum absolute atomic E-state index is 12.4. The van der Waals surface area contributed by atoms with Gasteiger partial charge in [0.1, 0.15) is 6.10 Å². The van der Waals surface area contributed by atoms with Crippen LogP contribution in [-0.4, -0.2) is 55.6 Å². The van der Waals surface area contributed by atoms with Crippen molar-refractivity contribution >= 4 is 53.1 Å². The molecule has 0 aromatic heterocycles. The van der Waals surface area contributed by atoms with Crippen molar-refractivity contribution in [1.82, 2.24) is 10.2 Å². The number of rotatable bonds is 5. The van der Waals surface area contributed by atoms with E-state index in [2.05, 4.69) is 10.6 Å². The molecular formula is C15H20Cl3N3O3. The predicted octanol–water partition coefficient (Wildman–Crippen LogP) is 2.19. The molecule has 1 aliphatic heterocycles. The maximum Gasteiger partial charge on any atom is 0.253 e. The second-order valence-corrected chi connectivity index (χ2v) is 5.88. The number of nitrogens with one attached hydrogen (secondary N) is 2. The molecule has 0 saturated carbocycles. The van der Waals surface area contributed by atoms with Gasteiger partial charge in [0, 0.05) is 19.6 Å². The molecule has 1 aliphatic rings. The molecule has 1 saturated heterocycles. The lowest BCUT2D eigenvalue weighted by Gasteiger charge is -2.28. The van der Waals surface area contributed by atoms with Crippen LogP contribution in [0.5, 0.6) is 0 Å². The highest BCUT2D eigenvalue weighted by Gasteiger charge is 2.27. The van der Waals surface area contributed by atoms with E-state index in [1.54, 1.807) is 18.2 Å². The third-order valence-electron chi connectivity index (χ3n) is 3.46. The summed E-state index contributed by atoms with van der Waals surface area (Å²) in [6.07, 6.45) is -0.555. The zero-order valence-electron chi connectivity index (χ0n) is 13.2. The fourth-order valence-electron chi connectivity index (χ4n) is 2.24. The largest absolute Gasteiger partial charge is 0.366 e. The van der Waals surface area contributed by atoms with Crippen molar-refractivity contribution in [2.24, 2.45) is 0 Å². The van der Waals surface area contributed by atoms with Gasteiger partial charge in [-0.15, -0.1) is 12.4 Å². The average Bonchev–Trinajstić information content (AvgIpc) is 2.56. The van der Waals surface area contributed by atoms with Crippen LogP contribution < -0.4 is 10.6 Å². The summed E-state index contributed by atoms with van der Waals surface area (Å²) < 4.78 is 5.43. The first-order chi connectivity index (χ1) is 11.0. The number of nitrogens with zero attached hydrogens (tertiary/aromatic N) is 1. The minimum absolute atomic E-state index is 0. The van der Waals surface area contributed by atoms with E-state index >= 15 is 0 Å². The Kier molecular flexibility index (Phi) is 8.80. The predicted molar refractivity (Wildman–Crippen MR) is 97.2 cm³/mol. The zero-order chi connectivity index (χ0) is 16.8. The highest BCUT2D eigenvalue weighted by molar-refractivity contribution is 6.39. The summed E-state index contributed by atoms with van der Waals surface area (Å²) in [5, 5.41) is 6.44. The van der Waals surface area contributed by atoms with Gasteiger partial charge in [-0.2, -0.15) is 0 Å². The Morgan fingerprint density at radius 3 is 2.58 bits per heavy atom. The van der Waals surface area contributed by atoms with E-state index in [9.17, 15) is 9.59 Å². The van der Waals surface area contributed by atoms with E-state index in [1.807, 2.05) is 6.92 Å². The Balaban J connectivity index is 0.00000288. The molecule has 1 fully saturated rings. The van der Waals surface area contributed by atoms with Crippen LogP contribution in [0.1, 0.15) is 6.92 Å². The molecule has 6 nitrogen and oxygen atoms in total. The number of hydrogen-bond donors (Lipinski definition) is 2. The molecule has 1 atom stereocenters. The van der Waals surface area contributed by atoms with E-state index in [1.165, 1.54) is 4.90 Å². The Morgan fingerprint density at radius 1 is 1.38 bits per heavy atom. The van der Waals surface area contributed by atoms with Crippen molar-refractivity contribution in [3.8, 4) is 0 Å². The first-order valence-electron chi connectivity index (χ1n) is 7.38. The fraction of sp³-hybridized carbons (Fsp3) is 0.467. The Morgan fingerprint density at radius 2 is 2.04 bits per heavy atom. The van der Waals surface area contributed by atoms with Crippen molar-refractivity contribution in [1.29, 1.82) is 0 Å². The summed E-state index contributed by atoms with van der Waals surface area (Å²) >= 11 is 12.0. The molecule has 134 valence electrons. The minimum Gasteiger partial charge on any atom is -0.366 e. The van der Waals surface area contributed by atoms with Crippen LogP contribution in [0.4, 0.5) is 5.69 Å². The summed E-state index contributed by atoms with van der Waals surface area (Å²) in [5.41, 5.74) is 0.347. The number of carbonyl (C=O) groups excluding carboxylic acids is 2. The average molecular weight is 397 g/mol. The molecule has 2 rings (SSSR count). The monoisotopic (exact) mass is 395 g/mol. The number of benzene rings is 1. The minimum atomic E-state index is -0.555. The van der Waals surface area contributed by atoms with Gasteiger partial charge in [-0.3, -0.25) is 9.59 Å². The number of hydrogen-bond acceptors (Lipinski definition) is 4.